The summed E-state index contributed by atoms with van der Waals surface area (Å²) in [5.74, 6) is 0. The van der Waals surface area contributed by atoms with Crippen molar-refractivity contribution in [2.45, 2.75) is 30.2 Å². The summed E-state index contributed by atoms with van der Waals surface area (Å²) >= 11 is 1.67. The largest absolute Gasteiger partial charge is 0.338 e. The molecule has 1 aromatic carbocycles. The maximum Gasteiger partial charge on any atom is 0.319 e. The highest BCUT2D eigenvalue weighted by Crippen LogP contribution is 2.19. The molecule has 1 fully saturated rings. The Balaban J connectivity index is 1.72. The van der Waals surface area contributed by atoms with E-state index in [1.165, 1.54) is 19.4 Å². The van der Waals surface area contributed by atoms with Crippen LogP contribution in [0, 0.1) is 0 Å². The van der Waals surface area contributed by atoms with Crippen LogP contribution in [-0.2, 0) is 0 Å². The van der Waals surface area contributed by atoms with Crippen molar-refractivity contribution in [2.75, 3.05) is 31.7 Å². The number of thioether (sulfide) groups is 1. The van der Waals surface area contributed by atoms with E-state index < -0.39 is 0 Å². The molecule has 1 aliphatic heterocycles. The van der Waals surface area contributed by atoms with Gasteiger partial charge in [-0.2, -0.15) is 0 Å². The summed E-state index contributed by atoms with van der Waals surface area (Å²) in [4.78, 5) is 15.3. The molecule has 1 atom stereocenters. The molecule has 2 rings (SSSR count). The minimum absolute atomic E-state index is 0.121. The third kappa shape index (κ3) is 4.42. The lowest BCUT2D eigenvalue weighted by molar-refractivity contribution is 0.248. The number of carbonyl (C=O) groups excluding carboxylic acids is 1. The number of rotatable bonds is 5. The van der Waals surface area contributed by atoms with Crippen LogP contribution in [0.4, 0.5) is 10.5 Å². The van der Waals surface area contributed by atoms with E-state index in [0.29, 0.717) is 6.04 Å². The molecular formula is C15H23N3OS. The van der Waals surface area contributed by atoms with Crippen LogP contribution in [0.5, 0.6) is 0 Å². The number of hydrogen-bond donors (Lipinski definition) is 2. The molecule has 4 nitrogen and oxygen atoms in total. The molecule has 0 aliphatic carbocycles. The van der Waals surface area contributed by atoms with Gasteiger partial charge in [-0.25, -0.2) is 4.79 Å². The fourth-order valence-corrected chi connectivity index (χ4v) is 3.03. The lowest BCUT2D eigenvalue weighted by atomic mass is 10.1. The van der Waals surface area contributed by atoms with Crippen molar-refractivity contribution in [3.63, 3.8) is 0 Å². The Hall–Kier alpha value is -1.20. The number of urea groups is 1. The standard InChI is InChI=1S/C15H23N3OS/c1-18-10-4-6-13(18)8-9-16-15(19)17-12-5-3-7-14(11-12)20-2/h3,5,7,11,13H,4,6,8-10H2,1-2H3,(H2,16,17,19)/t13-/m0/s1. The number of likely N-dealkylation sites (tertiary alicyclic amines) is 1. The molecule has 0 unspecified atom stereocenters. The maximum atomic E-state index is 11.8. The van der Waals surface area contributed by atoms with Crippen LogP contribution in [-0.4, -0.2) is 43.4 Å². The number of nitrogens with one attached hydrogen (secondary N) is 2. The highest BCUT2D eigenvalue weighted by molar-refractivity contribution is 7.98. The van der Waals surface area contributed by atoms with Crippen LogP contribution in [0.1, 0.15) is 19.3 Å². The average molecular weight is 293 g/mol. The van der Waals surface area contributed by atoms with Gasteiger partial charge >= 0.3 is 6.03 Å². The number of hydrogen-bond acceptors (Lipinski definition) is 3. The van der Waals surface area contributed by atoms with Crippen LogP contribution in [0.2, 0.25) is 0 Å². The molecule has 1 aromatic rings. The predicted molar refractivity (Wildman–Crippen MR) is 85.5 cm³/mol. The summed E-state index contributed by atoms with van der Waals surface area (Å²) in [7, 11) is 2.16. The van der Waals surface area contributed by atoms with Crippen LogP contribution in [0.25, 0.3) is 0 Å². The van der Waals surface area contributed by atoms with E-state index in [1.807, 2.05) is 30.5 Å². The minimum atomic E-state index is -0.121. The van der Waals surface area contributed by atoms with Gasteiger partial charge in [-0.05, 0) is 57.3 Å². The third-order valence-corrected chi connectivity index (χ3v) is 4.49. The first kappa shape index (κ1) is 15.2. The van der Waals surface area contributed by atoms with Crippen molar-refractivity contribution >= 4 is 23.5 Å². The highest BCUT2D eigenvalue weighted by atomic mass is 32.2. The molecule has 1 aliphatic rings. The lowest BCUT2D eigenvalue weighted by Crippen LogP contribution is -2.34. The first-order chi connectivity index (χ1) is 9.69. The zero-order valence-corrected chi connectivity index (χ0v) is 13.0. The molecule has 0 radical (unpaired) electrons. The van der Waals surface area contributed by atoms with Crippen molar-refractivity contribution in [3.05, 3.63) is 24.3 Å². The fourth-order valence-electron chi connectivity index (χ4n) is 2.57. The van der Waals surface area contributed by atoms with Gasteiger partial charge in [-0.3, -0.25) is 0 Å². The number of nitrogens with zero attached hydrogens (tertiary/aromatic N) is 1. The summed E-state index contributed by atoms with van der Waals surface area (Å²) < 4.78 is 0. The molecular weight excluding hydrogens is 270 g/mol. The molecule has 20 heavy (non-hydrogen) atoms. The molecule has 2 amide bonds. The van der Waals surface area contributed by atoms with E-state index in [1.54, 1.807) is 11.8 Å². The van der Waals surface area contributed by atoms with Crippen LogP contribution in [0.15, 0.2) is 29.2 Å². The number of carbonyl (C=O) groups is 1. The second kappa shape index (κ2) is 7.55. The lowest BCUT2D eigenvalue weighted by Gasteiger charge is -2.19. The van der Waals surface area contributed by atoms with Crippen LogP contribution in [0.3, 0.4) is 0 Å². The molecule has 110 valence electrons. The molecule has 0 bridgehead atoms. The van der Waals surface area contributed by atoms with E-state index in [0.717, 1.165) is 23.5 Å². The van der Waals surface area contributed by atoms with Gasteiger partial charge in [0, 0.05) is 23.2 Å². The van der Waals surface area contributed by atoms with E-state index in [2.05, 4.69) is 22.6 Å². The van der Waals surface area contributed by atoms with E-state index in [-0.39, 0.29) is 6.03 Å². The summed E-state index contributed by atoms with van der Waals surface area (Å²) in [5, 5.41) is 5.81. The van der Waals surface area contributed by atoms with Gasteiger partial charge in [0.05, 0.1) is 0 Å². The van der Waals surface area contributed by atoms with Gasteiger partial charge < -0.3 is 15.5 Å². The van der Waals surface area contributed by atoms with E-state index in [4.69, 9.17) is 0 Å². The van der Waals surface area contributed by atoms with Gasteiger partial charge in [0.2, 0.25) is 0 Å². The zero-order valence-electron chi connectivity index (χ0n) is 12.2. The number of benzene rings is 1. The van der Waals surface area contributed by atoms with Gasteiger partial charge in [-0.15, -0.1) is 11.8 Å². The molecule has 2 N–H and O–H groups in total. The normalized spacial score (nSPS) is 19.0. The van der Waals surface area contributed by atoms with Gasteiger partial charge in [-0.1, -0.05) is 6.07 Å². The van der Waals surface area contributed by atoms with E-state index in [9.17, 15) is 4.79 Å². The van der Waals surface area contributed by atoms with Crippen molar-refractivity contribution in [1.82, 2.24) is 10.2 Å². The Kier molecular flexibility index (Phi) is 5.73. The number of amides is 2. The average Bonchev–Trinajstić information content (AvgIpc) is 2.85. The first-order valence-corrected chi connectivity index (χ1v) is 8.30. The minimum Gasteiger partial charge on any atom is -0.338 e. The predicted octanol–water partition coefficient (Wildman–Crippen LogP) is 3.01. The molecule has 0 spiro atoms. The Morgan fingerprint density at radius 3 is 3.05 bits per heavy atom. The maximum absolute atomic E-state index is 11.8. The summed E-state index contributed by atoms with van der Waals surface area (Å²) in [6.45, 7) is 1.90. The van der Waals surface area contributed by atoms with Crippen molar-refractivity contribution in [2.24, 2.45) is 0 Å². The summed E-state index contributed by atoms with van der Waals surface area (Å²) in [6.07, 6.45) is 5.57. The highest BCUT2D eigenvalue weighted by Gasteiger charge is 2.20. The Morgan fingerprint density at radius 2 is 2.35 bits per heavy atom. The SMILES string of the molecule is CSc1cccc(NC(=O)NCC[C@@H]2CCCN2C)c1. The zero-order chi connectivity index (χ0) is 14.4. The van der Waals surface area contributed by atoms with Crippen LogP contribution >= 0.6 is 11.8 Å². The van der Waals surface area contributed by atoms with Gasteiger partial charge in [0.1, 0.15) is 0 Å². The first-order valence-electron chi connectivity index (χ1n) is 7.08. The fraction of sp³-hybridized carbons (Fsp3) is 0.533. The van der Waals surface area contributed by atoms with Crippen LogP contribution < -0.4 is 10.6 Å². The van der Waals surface area contributed by atoms with Crippen molar-refractivity contribution in [3.8, 4) is 0 Å². The van der Waals surface area contributed by atoms with Crippen molar-refractivity contribution < 1.29 is 4.79 Å². The quantitative estimate of drug-likeness (QED) is 0.820. The topological polar surface area (TPSA) is 44.4 Å². The second-order valence-corrected chi connectivity index (χ2v) is 6.06. The molecule has 5 heteroatoms. The number of anilines is 1. The monoisotopic (exact) mass is 293 g/mol. The van der Waals surface area contributed by atoms with Crippen molar-refractivity contribution in [1.29, 1.82) is 0 Å². The summed E-state index contributed by atoms with van der Waals surface area (Å²) in [5.41, 5.74) is 0.840. The smallest absolute Gasteiger partial charge is 0.319 e. The van der Waals surface area contributed by atoms with Gasteiger partial charge in [0.15, 0.2) is 0 Å². The second-order valence-electron chi connectivity index (χ2n) is 5.18. The molecule has 0 aromatic heterocycles. The Morgan fingerprint density at radius 1 is 1.50 bits per heavy atom. The third-order valence-electron chi connectivity index (χ3n) is 3.76. The molecule has 0 saturated carbocycles. The van der Waals surface area contributed by atoms with Gasteiger partial charge in [0.25, 0.3) is 0 Å². The Labute approximate surface area is 125 Å². The Bertz CT molecular complexity index is 452. The van der Waals surface area contributed by atoms with E-state index >= 15 is 0 Å². The molecule has 1 heterocycles. The summed E-state index contributed by atoms with van der Waals surface area (Å²) in [6, 6.07) is 8.37. The molecule has 1 saturated heterocycles.